The minimum absolute atomic E-state index is 0.125. The van der Waals surface area contributed by atoms with Crippen LogP contribution in [0.3, 0.4) is 0 Å². The number of ether oxygens (including phenoxy) is 1. The molecule has 0 spiro atoms. The predicted molar refractivity (Wildman–Crippen MR) is 137 cm³/mol. The van der Waals surface area contributed by atoms with Gasteiger partial charge in [-0.15, -0.1) is 11.3 Å². The van der Waals surface area contributed by atoms with E-state index in [4.69, 9.17) is 16.3 Å². The minimum atomic E-state index is -0.551. The Balaban J connectivity index is 1.35. The van der Waals surface area contributed by atoms with Crippen molar-refractivity contribution in [3.05, 3.63) is 116 Å². The molecule has 0 saturated carbocycles. The van der Waals surface area contributed by atoms with Crippen LogP contribution in [0.4, 0.5) is 5.69 Å². The Hall–Kier alpha value is -3.74. The molecule has 176 valence electrons. The molecule has 7 heteroatoms. The highest BCUT2D eigenvalue weighted by Gasteiger charge is 2.62. The van der Waals surface area contributed by atoms with Crippen molar-refractivity contribution in [1.82, 2.24) is 0 Å². The van der Waals surface area contributed by atoms with Gasteiger partial charge in [-0.05, 0) is 51.9 Å². The van der Waals surface area contributed by atoms with E-state index in [1.807, 2.05) is 24.3 Å². The van der Waals surface area contributed by atoms with Crippen molar-refractivity contribution in [3.8, 4) is 5.75 Å². The Labute approximate surface area is 215 Å². The fraction of sp³-hybridized carbons (Fsp3) is 0.138. The van der Waals surface area contributed by atoms with Crippen LogP contribution in [0.1, 0.15) is 43.8 Å². The van der Waals surface area contributed by atoms with Gasteiger partial charge in [0, 0.05) is 16.9 Å². The molecule has 36 heavy (non-hydrogen) atoms. The number of carbonyl (C=O) groups excluding carboxylic acids is 3. The van der Waals surface area contributed by atoms with Crippen molar-refractivity contribution in [2.45, 2.75) is 11.8 Å². The molecule has 1 aliphatic heterocycles. The number of thiophene rings is 1. The highest BCUT2D eigenvalue weighted by molar-refractivity contribution is 7.12. The standard InChI is InChI=1S/C29H18ClNO4S/c30-15-11-12-21(35-29(34)22-10-5-13-36-22)20(14-15)31-27(32)25-23-16-6-1-2-7-17(16)24(26(25)28(31)33)19-9-4-3-8-18(19)23/h1-14,23-26H/t23?,24?,25-,26+. The first kappa shape index (κ1) is 21.5. The van der Waals surface area contributed by atoms with E-state index in [1.54, 1.807) is 23.6 Å². The molecule has 1 aromatic heterocycles. The Kier molecular flexibility index (Phi) is 4.72. The maximum atomic E-state index is 14.1. The zero-order valence-corrected chi connectivity index (χ0v) is 20.3. The summed E-state index contributed by atoms with van der Waals surface area (Å²) < 4.78 is 5.67. The molecule has 8 rings (SSSR count). The van der Waals surface area contributed by atoms with Crippen LogP contribution in [-0.2, 0) is 9.59 Å². The number of benzene rings is 3. The normalized spacial score (nSPS) is 23.3. The van der Waals surface area contributed by atoms with E-state index in [0.717, 1.165) is 22.3 Å². The third-order valence-corrected chi connectivity index (χ3v) is 8.62. The Bertz CT molecular complexity index is 1460. The molecule has 3 aromatic carbocycles. The third kappa shape index (κ3) is 2.92. The maximum Gasteiger partial charge on any atom is 0.353 e. The summed E-state index contributed by atoms with van der Waals surface area (Å²) in [4.78, 5) is 42.5. The van der Waals surface area contributed by atoms with Gasteiger partial charge in [-0.2, -0.15) is 0 Å². The van der Waals surface area contributed by atoms with Gasteiger partial charge >= 0.3 is 5.97 Å². The Morgan fingerprint density at radius 3 is 1.83 bits per heavy atom. The lowest BCUT2D eigenvalue weighted by molar-refractivity contribution is -0.122. The fourth-order valence-corrected chi connectivity index (χ4v) is 6.98. The number of imide groups is 1. The average Bonchev–Trinajstić information content (AvgIpc) is 3.53. The summed E-state index contributed by atoms with van der Waals surface area (Å²) in [5, 5.41) is 2.12. The van der Waals surface area contributed by atoms with E-state index < -0.39 is 17.8 Å². The van der Waals surface area contributed by atoms with Crippen LogP contribution in [0.2, 0.25) is 5.02 Å². The quantitative estimate of drug-likeness (QED) is 0.192. The number of amides is 2. The molecule has 4 aliphatic rings. The predicted octanol–water partition coefficient (Wildman–Crippen LogP) is 6.02. The molecule has 3 aliphatic carbocycles. The zero-order valence-electron chi connectivity index (χ0n) is 18.8. The first-order valence-corrected chi connectivity index (χ1v) is 12.9. The molecule has 0 N–H and O–H groups in total. The van der Waals surface area contributed by atoms with Gasteiger partial charge in [0.2, 0.25) is 11.8 Å². The van der Waals surface area contributed by atoms with Crippen LogP contribution < -0.4 is 9.64 Å². The number of hydrogen-bond donors (Lipinski definition) is 0. The summed E-state index contributed by atoms with van der Waals surface area (Å²) in [5.74, 6) is -2.51. The van der Waals surface area contributed by atoms with E-state index in [1.165, 1.54) is 28.4 Å². The van der Waals surface area contributed by atoms with Crippen molar-refractivity contribution in [2.75, 3.05) is 4.90 Å². The van der Waals surface area contributed by atoms with Gasteiger partial charge in [0.1, 0.15) is 4.88 Å². The summed E-state index contributed by atoms with van der Waals surface area (Å²) in [6.07, 6.45) is 0. The molecule has 4 aromatic rings. The number of halogens is 1. The van der Waals surface area contributed by atoms with Crippen molar-refractivity contribution in [2.24, 2.45) is 11.8 Å². The second kappa shape index (κ2) is 7.88. The lowest BCUT2D eigenvalue weighted by Gasteiger charge is -2.45. The SMILES string of the molecule is O=C(Oc1ccc(Cl)cc1N1C(=O)[C@@H]2C3c4ccccc4C(c4ccccc43)[C@@H]2C1=O)c1cccs1. The molecule has 2 bridgehead atoms. The van der Waals surface area contributed by atoms with Gasteiger partial charge in [-0.3, -0.25) is 9.59 Å². The molecular formula is C29H18ClNO4S. The summed E-state index contributed by atoms with van der Waals surface area (Å²) in [7, 11) is 0. The molecule has 1 saturated heterocycles. The molecule has 2 heterocycles. The smallest absolute Gasteiger partial charge is 0.353 e. The van der Waals surface area contributed by atoms with Gasteiger partial charge in [0.25, 0.3) is 0 Å². The first-order chi connectivity index (χ1) is 17.5. The molecule has 0 unspecified atom stereocenters. The van der Waals surface area contributed by atoms with Gasteiger partial charge in [-0.1, -0.05) is 66.2 Å². The van der Waals surface area contributed by atoms with E-state index in [0.29, 0.717) is 9.90 Å². The molecular weight excluding hydrogens is 494 g/mol. The lowest BCUT2D eigenvalue weighted by atomic mass is 9.55. The highest BCUT2D eigenvalue weighted by Crippen LogP contribution is 2.61. The zero-order chi connectivity index (χ0) is 24.6. The number of hydrogen-bond acceptors (Lipinski definition) is 5. The van der Waals surface area contributed by atoms with Crippen molar-refractivity contribution < 1.29 is 19.1 Å². The van der Waals surface area contributed by atoms with Crippen molar-refractivity contribution in [1.29, 1.82) is 0 Å². The number of rotatable bonds is 3. The molecule has 2 atom stereocenters. The first-order valence-electron chi connectivity index (χ1n) is 11.7. The van der Waals surface area contributed by atoms with Crippen LogP contribution in [0.5, 0.6) is 5.75 Å². The minimum Gasteiger partial charge on any atom is -0.420 e. The molecule has 2 amide bonds. The Morgan fingerprint density at radius 1 is 0.778 bits per heavy atom. The largest absolute Gasteiger partial charge is 0.420 e. The summed E-state index contributed by atoms with van der Waals surface area (Å²) in [6.45, 7) is 0. The average molecular weight is 512 g/mol. The number of esters is 1. The van der Waals surface area contributed by atoms with Crippen LogP contribution in [0, 0.1) is 11.8 Å². The third-order valence-electron chi connectivity index (χ3n) is 7.54. The highest BCUT2D eigenvalue weighted by atomic mass is 35.5. The lowest BCUT2D eigenvalue weighted by Crippen LogP contribution is -2.41. The van der Waals surface area contributed by atoms with Crippen LogP contribution in [0.25, 0.3) is 0 Å². The fourth-order valence-electron chi connectivity index (χ4n) is 6.21. The Morgan fingerprint density at radius 2 is 1.33 bits per heavy atom. The van der Waals surface area contributed by atoms with Gasteiger partial charge < -0.3 is 4.74 Å². The topological polar surface area (TPSA) is 63.7 Å². The maximum absolute atomic E-state index is 14.1. The van der Waals surface area contributed by atoms with E-state index >= 15 is 0 Å². The molecule has 5 nitrogen and oxygen atoms in total. The van der Waals surface area contributed by atoms with Gasteiger partial charge in [0.05, 0.1) is 17.5 Å². The van der Waals surface area contributed by atoms with E-state index in [2.05, 4.69) is 24.3 Å². The second-order valence-electron chi connectivity index (χ2n) is 9.26. The van der Waals surface area contributed by atoms with Crippen molar-refractivity contribution in [3.63, 3.8) is 0 Å². The molecule has 0 radical (unpaired) electrons. The molecule has 1 fully saturated rings. The van der Waals surface area contributed by atoms with Gasteiger partial charge in [-0.25, -0.2) is 9.69 Å². The van der Waals surface area contributed by atoms with Crippen LogP contribution in [-0.4, -0.2) is 17.8 Å². The number of anilines is 1. The second-order valence-corrected chi connectivity index (χ2v) is 10.6. The monoisotopic (exact) mass is 511 g/mol. The number of carbonyl (C=O) groups is 3. The van der Waals surface area contributed by atoms with Crippen LogP contribution >= 0.6 is 22.9 Å². The van der Waals surface area contributed by atoms with Crippen molar-refractivity contribution >= 4 is 46.4 Å². The summed E-state index contributed by atoms with van der Waals surface area (Å²) in [5.41, 5.74) is 4.59. The van der Waals surface area contributed by atoms with E-state index in [9.17, 15) is 14.4 Å². The summed E-state index contributed by atoms with van der Waals surface area (Å²) >= 11 is 7.56. The summed E-state index contributed by atoms with van der Waals surface area (Å²) in [6, 6.07) is 24.2. The van der Waals surface area contributed by atoms with Gasteiger partial charge in [0.15, 0.2) is 5.75 Å². The number of nitrogens with zero attached hydrogens (tertiary/aromatic N) is 1. The van der Waals surface area contributed by atoms with E-state index in [-0.39, 0.29) is 35.1 Å². The van der Waals surface area contributed by atoms with Crippen LogP contribution in [0.15, 0.2) is 84.2 Å².